The Labute approximate surface area is 122 Å². The lowest BCUT2D eigenvalue weighted by molar-refractivity contribution is 0.0600. The fourth-order valence-electron chi connectivity index (χ4n) is 3.57. The van der Waals surface area contributed by atoms with Crippen molar-refractivity contribution in [2.75, 3.05) is 7.11 Å². The van der Waals surface area contributed by atoms with Crippen LogP contribution in [0.15, 0.2) is 24.3 Å². The Hall–Kier alpha value is -1.31. The van der Waals surface area contributed by atoms with Crippen LogP contribution < -0.4 is 0 Å². The maximum absolute atomic E-state index is 11.5. The second kappa shape index (κ2) is 6.43. The van der Waals surface area contributed by atoms with Crippen LogP contribution in [-0.4, -0.2) is 13.1 Å². The monoisotopic (exact) mass is 274 g/mol. The van der Waals surface area contributed by atoms with Gasteiger partial charge in [-0.15, -0.1) is 0 Å². The highest BCUT2D eigenvalue weighted by Crippen LogP contribution is 2.43. The molecule has 0 bridgehead atoms. The number of hydrogen-bond acceptors (Lipinski definition) is 2. The van der Waals surface area contributed by atoms with E-state index in [1.807, 2.05) is 12.1 Å². The fourth-order valence-corrected chi connectivity index (χ4v) is 3.57. The summed E-state index contributed by atoms with van der Waals surface area (Å²) in [6.45, 7) is 7.01. The highest BCUT2D eigenvalue weighted by atomic mass is 16.5. The number of rotatable bonds is 3. The van der Waals surface area contributed by atoms with Crippen molar-refractivity contribution in [2.45, 2.75) is 46.0 Å². The third-order valence-corrected chi connectivity index (χ3v) is 4.78. The van der Waals surface area contributed by atoms with E-state index in [-0.39, 0.29) is 5.97 Å². The zero-order valence-corrected chi connectivity index (χ0v) is 13.1. The van der Waals surface area contributed by atoms with Crippen LogP contribution in [0.1, 0.15) is 61.9 Å². The Balaban J connectivity index is 2.21. The normalized spacial score (nSPS) is 26.6. The number of benzene rings is 1. The molecule has 0 heterocycles. The smallest absolute Gasteiger partial charge is 0.337 e. The lowest BCUT2D eigenvalue weighted by Crippen LogP contribution is -2.26. The van der Waals surface area contributed by atoms with Crippen molar-refractivity contribution in [3.05, 3.63) is 35.4 Å². The van der Waals surface area contributed by atoms with Crippen molar-refractivity contribution in [1.82, 2.24) is 0 Å². The van der Waals surface area contributed by atoms with Crippen LogP contribution in [0.5, 0.6) is 0 Å². The van der Waals surface area contributed by atoms with Gasteiger partial charge >= 0.3 is 5.97 Å². The first-order valence-corrected chi connectivity index (χ1v) is 7.71. The number of methoxy groups -OCH3 is 1. The quantitative estimate of drug-likeness (QED) is 0.750. The summed E-state index contributed by atoms with van der Waals surface area (Å²) in [5.74, 6) is 2.65. The Morgan fingerprint density at radius 3 is 2.40 bits per heavy atom. The van der Waals surface area contributed by atoms with Gasteiger partial charge in [-0.25, -0.2) is 4.79 Å². The largest absolute Gasteiger partial charge is 0.465 e. The van der Waals surface area contributed by atoms with Crippen molar-refractivity contribution in [1.29, 1.82) is 0 Å². The molecule has 1 aromatic rings. The van der Waals surface area contributed by atoms with Crippen LogP contribution in [-0.2, 0) is 4.74 Å². The van der Waals surface area contributed by atoms with E-state index in [0.29, 0.717) is 17.4 Å². The van der Waals surface area contributed by atoms with Crippen molar-refractivity contribution in [3.8, 4) is 0 Å². The van der Waals surface area contributed by atoms with Gasteiger partial charge in [-0.1, -0.05) is 39.3 Å². The summed E-state index contributed by atoms with van der Waals surface area (Å²) in [5, 5.41) is 0. The summed E-state index contributed by atoms with van der Waals surface area (Å²) in [5.41, 5.74) is 2.02. The fraction of sp³-hybridized carbons (Fsp3) is 0.611. The molecule has 1 fully saturated rings. The number of hydrogen-bond donors (Lipinski definition) is 0. The molecule has 0 saturated heterocycles. The standard InChI is InChI=1S/C18H26O2/c1-12(2)16-10-5-13(3)11-17(16)14-6-8-15(9-7-14)18(19)20-4/h6-9,12-13,16-17H,5,10-11H2,1-4H3/t13?,16?,17-/m0/s1. The van der Waals surface area contributed by atoms with Crippen LogP contribution in [0.2, 0.25) is 0 Å². The summed E-state index contributed by atoms with van der Waals surface area (Å²) >= 11 is 0. The Morgan fingerprint density at radius 1 is 1.20 bits per heavy atom. The van der Waals surface area contributed by atoms with E-state index in [1.54, 1.807) is 0 Å². The predicted octanol–water partition coefficient (Wildman–Crippen LogP) is 4.65. The second-order valence-corrected chi connectivity index (χ2v) is 6.55. The van der Waals surface area contributed by atoms with Crippen LogP contribution in [0.3, 0.4) is 0 Å². The molecule has 0 N–H and O–H groups in total. The molecule has 3 atom stereocenters. The number of ether oxygens (including phenoxy) is 1. The minimum Gasteiger partial charge on any atom is -0.465 e. The number of carbonyl (C=O) groups excluding carboxylic acids is 1. The Morgan fingerprint density at radius 2 is 1.85 bits per heavy atom. The molecule has 110 valence electrons. The maximum Gasteiger partial charge on any atom is 0.337 e. The van der Waals surface area contributed by atoms with Gasteiger partial charge in [0.25, 0.3) is 0 Å². The summed E-state index contributed by atoms with van der Waals surface area (Å²) < 4.78 is 4.76. The number of carbonyl (C=O) groups is 1. The van der Waals surface area contributed by atoms with Crippen molar-refractivity contribution >= 4 is 5.97 Å². The van der Waals surface area contributed by atoms with Gasteiger partial charge in [0.2, 0.25) is 0 Å². The molecule has 1 aromatic carbocycles. The van der Waals surface area contributed by atoms with E-state index in [9.17, 15) is 4.79 Å². The van der Waals surface area contributed by atoms with Crippen LogP contribution >= 0.6 is 0 Å². The molecule has 2 rings (SSSR count). The summed E-state index contributed by atoms with van der Waals surface area (Å²) in [4.78, 5) is 11.5. The highest BCUT2D eigenvalue weighted by molar-refractivity contribution is 5.89. The number of esters is 1. The average molecular weight is 274 g/mol. The third kappa shape index (κ3) is 3.23. The van der Waals surface area contributed by atoms with Gasteiger partial charge in [-0.3, -0.25) is 0 Å². The average Bonchev–Trinajstić information content (AvgIpc) is 2.46. The molecule has 1 aliphatic rings. The molecule has 2 heteroatoms. The van der Waals surface area contributed by atoms with Gasteiger partial charge in [0.15, 0.2) is 0 Å². The molecule has 0 amide bonds. The summed E-state index contributed by atoms with van der Waals surface area (Å²) in [6, 6.07) is 8.03. The topological polar surface area (TPSA) is 26.3 Å². The zero-order valence-electron chi connectivity index (χ0n) is 13.1. The van der Waals surface area contributed by atoms with Gasteiger partial charge in [0.05, 0.1) is 12.7 Å². The Kier molecular flexibility index (Phi) is 4.85. The van der Waals surface area contributed by atoms with Crippen molar-refractivity contribution in [2.24, 2.45) is 17.8 Å². The first-order valence-electron chi connectivity index (χ1n) is 7.71. The summed E-state index contributed by atoms with van der Waals surface area (Å²) in [6.07, 6.45) is 3.93. The highest BCUT2D eigenvalue weighted by Gasteiger charge is 2.31. The van der Waals surface area contributed by atoms with Gasteiger partial charge in [-0.2, -0.15) is 0 Å². The minimum atomic E-state index is -0.256. The Bertz CT molecular complexity index is 447. The van der Waals surface area contributed by atoms with E-state index < -0.39 is 0 Å². The molecule has 0 aromatic heterocycles. The molecular weight excluding hydrogens is 248 g/mol. The minimum absolute atomic E-state index is 0.256. The van der Waals surface area contributed by atoms with Gasteiger partial charge < -0.3 is 4.74 Å². The van der Waals surface area contributed by atoms with E-state index in [1.165, 1.54) is 31.9 Å². The first kappa shape index (κ1) is 15.1. The van der Waals surface area contributed by atoms with E-state index in [0.717, 1.165) is 11.8 Å². The molecule has 0 spiro atoms. The van der Waals surface area contributed by atoms with Crippen molar-refractivity contribution < 1.29 is 9.53 Å². The molecule has 2 unspecified atom stereocenters. The molecule has 2 nitrogen and oxygen atoms in total. The van der Waals surface area contributed by atoms with Crippen molar-refractivity contribution in [3.63, 3.8) is 0 Å². The van der Waals surface area contributed by atoms with Crippen LogP contribution in [0.25, 0.3) is 0 Å². The lowest BCUT2D eigenvalue weighted by atomic mass is 9.67. The summed E-state index contributed by atoms with van der Waals surface area (Å²) in [7, 11) is 1.42. The predicted molar refractivity (Wildman–Crippen MR) is 81.9 cm³/mol. The van der Waals surface area contributed by atoms with E-state index in [4.69, 9.17) is 4.74 Å². The van der Waals surface area contributed by atoms with E-state index in [2.05, 4.69) is 32.9 Å². The maximum atomic E-state index is 11.5. The SMILES string of the molecule is COC(=O)c1ccc([C@@H]2CC(C)CCC2C(C)C)cc1. The van der Waals surface area contributed by atoms with Crippen LogP contribution in [0, 0.1) is 17.8 Å². The molecule has 20 heavy (non-hydrogen) atoms. The van der Waals surface area contributed by atoms with E-state index >= 15 is 0 Å². The lowest BCUT2D eigenvalue weighted by Gasteiger charge is -2.37. The first-order chi connectivity index (χ1) is 9.52. The van der Waals surface area contributed by atoms with Crippen LogP contribution in [0.4, 0.5) is 0 Å². The van der Waals surface area contributed by atoms with Gasteiger partial charge in [0, 0.05) is 0 Å². The molecular formula is C18H26O2. The molecule has 1 saturated carbocycles. The second-order valence-electron chi connectivity index (χ2n) is 6.55. The molecule has 0 aliphatic heterocycles. The molecule has 0 radical (unpaired) electrons. The van der Waals surface area contributed by atoms with Gasteiger partial charge in [-0.05, 0) is 54.2 Å². The zero-order chi connectivity index (χ0) is 14.7. The third-order valence-electron chi connectivity index (χ3n) is 4.78. The molecule has 1 aliphatic carbocycles. The van der Waals surface area contributed by atoms with Gasteiger partial charge in [0.1, 0.15) is 0 Å².